The van der Waals surface area contributed by atoms with Gasteiger partial charge in [0, 0.05) is 19.4 Å². The molecule has 0 spiro atoms. The predicted octanol–water partition coefficient (Wildman–Crippen LogP) is 1.62. The molecule has 0 unspecified atom stereocenters. The van der Waals surface area contributed by atoms with E-state index in [1.165, 1.54) is 17.1 Å². The molecule has 0 fully saturated rings. The maximum absolute atomic E-state index is 12.3. The Morgan fingerprint density at radius 3 is 2.85 bits per heavy atom. The van der Waals surface area contributed by atoms with Gasteiger partial charge in [0.2, 0.25) is 0 Å². The van der Waals surface area contributed by atoms with Crippen LogP contribution in [0.15, 0.2) is 42.9 Å². The average Bonchev–Trinajstić information content (AvgIpc) is 3.21. The summed E-state index contributed by atoms with van der Waals surface area (Å²) in [6, 6.07) is 7.58. The number of anilines is 1. The second-order valence-electron chi connectivity index (χ2n) is 5.60. The lowest BCUT2D eigenvalue weighted by Crippen LogP contribution is -2.15. The minimum Gasteiger partial charge on any atom is -0.497 e. The van der Waals surface area contributed by atoms with Crippen LogP contribution in [0.5, 0.6) is 5.75 Å². The summed E-state index contributed by atoms with van der Waals surface area (Å²) in [4.78, 5) is 23.5. The van der Waals surface area contributed by atoms with E-state index in [2.05, 4.69) is 15.5 Å². The highest BCUT2D eigenvalue weighted by atomic mass is 16.5. The first-order chi connectivity index (χ1) is 12.5. The van der Waals surface area contributed by atoms with E-state index in [-0.39, 0.29) is 11.3 Å². The average molecular weight is 355 g/mol. The highest BCUT2D eigenvalue weighted by molar-refractivity contribution is 6.09. The number of carboxylic acids is 1. The van der Waals surface area contributed by atoms with Gasteiger partial charge in [0.15, 0.2) is 5.69 Å². The van der Waals surface area contributed by atoms with Crippen LogP contribution in [0.25, 0.3) is 0 Å². The summed E-state index contributed by atoms with van der Waals surface area (Å²) >= 11 is 0. The van der Waals surface area contributed by atoms with Crippen molar-refractivity contribution in [3.63, 3.8) is 0 Å². The van der Waals surface area contributed by atoms with E-state index in [9.17, 15) is 9.59 Å². The number of carboxylic acid groups (broad SMARTS) is 1. The van der Waals surface area contributed by atoms with E-state index in [0.717, 1.165) is 11.3 Å². The molecule has 0 aliphatic heterocycles. The SMILES string of the molecule is COc1cccc(Cn2cc(NC(=O)c3cn(C)nc3C(=O)O)cn2)c1. The zero-order valence-corrected chi connectivity index (χ0v) is 14.2. The number of nitrogens with one attached hydrogen (secondary N) is 1. The lowest BCUT2D eigenvalue weighted by Gasteiger charge is -2.04. The van der Waals surface area contributed by atoms with Crippen molar-refractivity contribution < 1.29 is 19.4 Å². The largest absolute Gasteiger partial charge is 0.497 e. The van der Waals surface area contributed by atoms with E-state index in [4.69, 9.17) is 9.84 Å². The maximum Gasteiger partial charge on any atom is 0.357 e. The highest BCUT2D eigenvalue weighted by Crippen LogP contribution is 2.15. The van der Waals surface area contributed by atoms with Gasteiger partial charge in [-0.2, -0.15) is 10.2 Å². The zero-order valence-electron chi connectivity index (χ0n) is 14.2. The molecule has 0 radical (unpaired) electrons. The number of hydrogen-bond acceptors (Lipinski definition) is 5. The number of benzene rings is 1. The van der Waals surface area contributed by atoms with Gasteiger partial charge in [-0.25, -0.2) is 4.79 Å². The number of ether oxygens (including phenoxy) is 1. The number of methoxy groups -OCH3 is 1. The molecular weight excluding hydrogens is 338 g/mol. The Labute approximate surface area is 148 Å². The van der Waals surface area contributed by atoms with Crippen molar-refractivity contribution in [3.05, 3.63) is 59.7 Å². The molecule has 1 amide bonds. The quantitative estimate of drug-likeness (QED) is 0.695. The number of aromatic carboxylic acids is 1. The first kappa shape index (κ1) is 17.2. The molecule has 0 atom stereocenters. The van der Waals surface area contributed by atoms with Gasteiger partial charge in [0.05, 0.1) is 31.1 Å². The molecule has 26 heavy (non-hydrogen) atoms. The summed E-state index contributed by atoms with van der Waals surface area (Å²) in [5, 5.41) is 19.7. The minimum atomic E-state index is -1.26. The van der Waals surface area contributed by atoms with Gasteiger partial charge in [-0.05, 0) is 17.7 Å². The van der Waals surface area contributed by atoms with Crippen molar-refractivity contribution in [3.8, 4) is 5.75 Å². The summed E-state index contributed by atoms with van der Waals surface area (Å²) in [6.45, 7) is 0.500. The van der Waals surface area contributed by atoms with Gasteiger partial charge in [-0.15, -0.1) is 0 Å². The standard InChI is InChI=1S/C17H17N5O4/c1-21-10-14(15(20-21)17(24)25)16(23)19-12-7-18-22(9-12)8-11-4-3-5-13(6-11)26-2/h3-7,9-10H,8H2,1-2H3,(H,19,23)(H,24,25). The molecule has 2 N–H and O–H groups in total. The van der Waals surface area contributed by atoms with Crippen LogP contribution in [0.2, 0.25) is 0 Å². The van der Waals surface area contributed by atoms with E-state index < -0.39 is 11.9 Å². The number of carbonyl (C=O) groups is 2. The van der Waals surface area contributed by atoms with Crippen molar-refractivity contribution in [1.29, 1.82) is 0 Å². The van der Waals surface area contributed by atoms with E-state index in [1.54, 1.807) is 25.0 Å². The van der Waals surface area contributed by atoms with Gasteiger partial charge in [-0.3, -0.25) is 14.2 Å². The second kappa shape index (κ2) is 7.09. The summed E-state index contributed by atoms with van der Waals surface area (Å²) in [7, 11) is 3.15. The van der Waals surface area contributed by atoms with Gasteiger partial charge < -0.3 is 15.2 Å². The van der Waals surface area contributed by atoms with Crippen LogP contribution in [0.3, 0.4) is 0 Å². The Balaban J connectivity index is 1.72. The topological polar surface area (TPSA) is 111 Å². The third-order valence-corrected chi connectivity index (χ3v) is 3.65. The van der Waals surface area contributed by atoms with Crippen molar-refractivity contribution in [2.45, 2.75) is 6.54 Å². The molecule has 134 valence electrons. The number of aryl methyl sites for hydroxylation is 1. The molecule has 0 saturated carbocycles. The smallest absolute Gasteiger partial charge is 0.357 e. The van der Waals surface area contributed by atoms with Crippen LogP contribution in [-0.2, 0) is 13.6 Å². The third-order valence-electron chi connectivity index (χ3n) is 3.65. The lowest BCUT2D eigenvalue weighted by molar-refractivity contribution is 0.0685. The number of carbonyl (C=O) groups excluding carboxylic acids is 1. The van der Waals surface area contributed by atoms with Crippen LogP contribution < -0.4 is 10.1 Å². The second-order valence-corrected chi connectivity index (χ2v) is 5.60. The maximum atomic E-state index is 12.3. The van der Waals surface area contributed by atoms with Gasteiger partial charge in [0.1, 0.15) is 5.75 Å². The number of aromatic nitrogens is 4. The molecule has 3 rings (SSSR count). The Morgan fingerprint density at radius 2 is 2.12 bits per heavy atom. The van der Waals surface area contributed by atoms with Crippen molar-refractivity contribution in [1.82, 2.24) is 19.6 Å². The first-order valence-electron chi connectivity index (χ1n) is 7.70. The van der Waals surface area contributed by atoms with Gasteiger partial charge in [-0.1, -0.05) is 12.1 Å². The molecule has 1 aromatic carbocycles. The fraction of sp³-hybridized carbons (Fsp3) is 0.176. The number of amides is 1. The van der Waals surface area contributed by atoms with Crippen LogP contribution >= 0.6 is 0 Å². The van der Waals surface area contributed by atoms with E-state index >= 15 is 0 Å². The Bertz CT molecular complexity index is 960. The monoisotopic (exact) mass is 355 g/mol. The molecule has 9 nitrogen and oxygen atoms in total. The predicted molar refractivity (Wildman–Crippen MR) is 92.4 cm³/mol. The molecule has 9 heteroatoms. The Morgan fingerprint density at radius 1 is 1.31 bits per heavy atom. The van der Waals surface area contributed by atoms with Crippen LogP contribution in [-0.4, -0.2) is 43.7 Å². The van der Waals surface area contributed by atoms with E-state index in [0.29, 0.717) is 12.2 Å². The fourth-order valence-corrected chi connectivity index (χ4v) is 2.48. The van der Waals surface area contributed by atoms with Crippen molar-refractivity contribution >= 4 is 17.6 Å². The molecule has 0 aliphatic carbocycles. The minimum absolute atomic E-state index is 0.0134. The van der Waals surface area contributed by atoms with Crippen LogP contribution in [0, 0.1) is 0 Å². The van der Waals surface area contributed by atoms with Crippen molar-refractivity contribution in [2.24, 2.45) is 7.05 Å². The first-order valence-corrected chi connectivity index (χ1v) is 7.70. The number of nitrogens with zero attached hydrogens (tertiary/aromatic N) is 4. The molecule has 3 aromatic rings. The summed E-state index contributed by atoms with van der Waals surface area (Å²) in [6.07, 6.45) is 4.52. The Hall–Kier alpha value is -3.62. The summed E-state index contributed by atoms with van der Waals surface area (Å²) in [5.74, 6) is -1.07. The van der Waals surface area contributed by atoms with Crippen LogP contribution in [0.4, 0.5) is 5.69 Å². The van der Waals surface area contributed by atoms with Gasteiger partial charge >= 0.3 is 5.97 Å². The Kier molecular flexibility index (Phi) is 4.70. The molecule has 2 aromatic heterocycles. The summed E-state index contributed by atoms with van der Waals surface area (Å²) in [5.41, 5.74) is 1.14. The van der Waals surface area contributed by atoms with Crippen LogP contribution in [0.1, 0.15) is 26.4 Å². The molecular formula is C17H17N5O4. The number of hydrogen-bond donors (Lipinski definition) is 2. The highest BCUT2D eigenvalue weighted by Gasteiger charge is 2.21. The summed E-state index contributed by atoms with van der Waals surface area (Å²) < 4.78 is 8.13. The van der Waals surface area contributed by atoms with Gasteiger partial charge in [0.25, 0.3) is 5.91 Å². The van der Waals surface area contributed by atoms with Crippen molar-refractivity contribution in [2.75, 3.05) is 12.4 Å². The number of rotatable bonds is 6. The zero-order chi connectivity index (χ0) is 18.7. The van der Waals surface area contributed by atoms with E-state index in [1.807, 2.05) is 24.3 Å². The fourth-order valence-electron chi connectivity index (χ4n) is 2.48. The normalized spacial score (nSPS) is 10.5. The lowest BCUT2D eigenvalue weighted by atomic mass is 10.2. The molecule has 2 heterocycles. The molecule has 0 aliphatic rings. The third kappa shape index (κ3) is 3.72. The molecule has 0 bridgehead atoms. The molecule has 0 saturated heterocycles.